The third-order valence-electron chi connectivity index (χ3n) is 6.90. The number of piperidine rings is 1. The van der Waals surface area contributed by atoms with E-state index in [4.69, 9.17) is 0 Å². The zero-order valence-electron chi connectivity index (χ0n) is 15.2. The van der Waals surface area contributed by atoms with Gasteiger partial charge >= 0.3 is 0 Å². The Morgan fingerprint density at radius 2 is 2.23 bits per heavy atom. The van der Waals surface area contributed by atoms with Crippen molar-refractivity contribution in [2.24, 2.45) is 5.92 Å². The largest absolute Gasteiger partial charge is 0.391 e. The normalized spacial score (nSPS) is 34.0. The molecule has 5 rings (SSSR count). The first-order chi connectivity index (χ1) is 12.6. The molecule has 2 aromatic rings. The minimum absolute atomic E-state index is 0.00945. The second-order valence-electron chi connectivity index (χ2n) is 8.45. The highest BCUT2D eigenvalue weighted by Crippen LogP contribution is 2.44. The molecule has 5 nitrogen and oxygen atoms in total. The Hall–Kier alpha value is -1.85. The summed E-state index contributed by atoms with van der Waals surface area (Å²) in [7, 11) is 2.15. The van der Waals surface area contributed by atoms with Crippen molar-refractivity contribution in [3.8, 4) is 0 Å². The number of aromatic nitrogens is 1. The van der Waals surface area contributed by atoms with Crippen molar-refractivity contribution >= 4 is 16.8 Å². The molecule has 1 saturated carbocycles. The van der Waals surface area contributed by atoms with E-state index in [-0.39, 0.29) is 24.0 Å². The van der Waals surface area contributed by atoms with Gasteiger partial charge in [0.15, 0.2) is 0 Å². The van der Waals surface area contributed by atoms with Crippen molar-refractivity contribution < 1.29 is 9.90 Å². The van der Waals surface area contributed by atoms with Gasteiger partial charge in [0, 0.05) is 35.6 Å². The number of nitrogens with one attached hydrogen (secondary N) is 2. The molecule has 3 aliphatic rings. The Morgan fingerprint density at radius 3 is 3.04 bits per heavy atom. The zero-order valence-corrected chi connectivity index (χ0v) is 15.2. The Morgan fingerprint density at radius 1 is 1.35 bits per heavy atom. The fourth-order valence-corrected chi connectivity index (χ4v) is 5.54. The standard InChI is InChI=1S/C21H27N3O2/c1-24-11-13(21(26)23-16-5-3-7-19(16)25)8-15-14-4-2-6-17-20(14)12(10-22-17)9-18(15)24/h2,4,6,10,13,15-16,18-19,22,25H,3,5,7-9,11H2,1H3,(H,23,26)/t13-,15?,16-,18?,19+/m1/s1. The van der Waals surface area contributed by atoms with Crippen LogP contribution in [0, 0.1) is 5.92 Å². The Balaban J connectivity index is 1.41. The second kappa shape index (κ2) is 6.10. The summed E-state index contributed by atoms with van der Waals surface area (Å²) in [6.07, 6.45) is 6.42. The van der Waals surface area contributed by atoms with Crippen molar-refractivity contribution in [2.45, 2.75) is 56.2 Å². The summed E-state index contributed by atoms with van der Waals surface area (Å²) < 4.78 is 0. The zero-order chi connectivity index (χ0) is 17.8. The molecule has 0 spiro atoms. The predicted molar refractivity (Wildman–Crippen MR) is 101 cm³/mol. The summed E-state index contributed by atoms with van der Waals surface area (Å²) in [5, 5.41) is 14.5. The predicted octanol–water partition coefficient (Wildman–Crippen LogP) is 2.16. The maximum Gasteiger partial charge on any atom is 0.224 e. The van der Waals surface area contributed by atoms with Crippen molar-refractivity contribution in [3.05, 3.63) is 35.5 Å². The number of aliphatic hydroxyl groups excluding tert-OH is 1. The third kappa shape index (κ3) is 2.48. The lowest BCUT2D eigenvalue weighted by molar-refractivity contribution is -0.128. The van der Waals surface area contributed by atoms with E-state index in [2.05, 4.69) is 46.6 Å². The van der Waals surface area contributed by atoms with Gasteiger partial charge in [-0.2, -0.15) is 0 Å². The van der Waals surface area contributed by atoms with Crippen LogP contribution in [0.4, 0.5) is 0 Å². The smallest absolute Gasteiger partial charge is 0.224 e. The Kier molecular flexibility index (Phi) is 3.83. The van der Waals surface area contributed by atoms with Gasteiger partial charge in [-0.05, 0) is 56.3 Å². The van der Waals surface area contributed by atoms with E-state index in [1.165, 1.54) is 22.0 Å². The average molecular weight is 353 g/mol. The van der Waals surface area contributed by atoms with Gasteiger partial charge < -0.3 is 20.3 Å². The van der Waals surface area contributed by atoms with Crippen LogP contribution in [0.3, 0.4) is 0 Å². The van der Waals surface area contributed by atoms with E-state index in [0.29, 0.717) is 12.0 Å². The van der Waals surface area contributed by atoms with Crippen LogP contribution in [0.15, 0.2) is 24.4 Å². The third-order valence-corrected chi connectivity index (χ3v) is 6.90. The number of rotatable bonds is 2. The van der Waals surface area contributed by atoms with E-state index < -0.39 is 0 Å². The number of fused-ring (bicyclic) bond motifs is 2. The van der Waals surface area contributed by atoms with Gasteiger partial charge in [-0.25, -0.2) is 0 Å². The van der Waals surface area contributed by atoms with E-state index in [9.17, 15) is 9.90 Å². The molecule has 1 saturated heterocycles. The van der Waals surface area contributed by atoms with Crippen LogP contribution >= 0.6 is 0 Å². The minimum atomic E-state index is -0.376. The second-order valence-corrected chi connectivity index (χ2v) is 8.45. The molecule has 1 aromatic carbocycles. The molecule has 1 aliphatic heterocycles. The molecule has 2 aliphatic carbocycles. The van der Waals surface area contributed by atoms with Gasteiger partial charge in [0.05, 0.1) is 18.1 Å². The fourth-order valence-electron chi connectivity index (χ4n) is 5.54. The number of likely N-dealkylation sites (N-methyl/N-ethyl adjacent to an activating group) is 1. The summed E-state index contributed by atoms with van der Waals surface area (Å²) in [6, 6.07) is 6.91. The highest BCUT2D eigenvalue weighted by atomic mass is 16.3. The number of nitrogens with zero attached hydrogens (tertiary/aromatic N) is 1. The number of benzene rings is 1. The fraction of sp³-hybridized carbons (Fsp3) is 0.571. The van der Waals surface area contributed by atoms with Gasteiger partial charge in [-0.1, -0.05) is 12.1 Å². The number of amides is 1. The summed E-state index contributed by atoms with van der Waals surface area (Å²) in [4.78, 5) is 18.7. The van der Waals surface area contributed by atoms with Gasteiger partial charge in [0.2, 0.25) is 5.91 Å². The monoisotopic (exact) mass is 353 g/mol. The molecule has 2 fully saturated rings. The number of aliphatic hydroxyl groups is 1. The number of hydrogen-bond acceptors (Lipinski definition) is 3. The number of likely N-dealkylation sites (tertiary alicyclic amines) is 1. The number of aromatic amines is 1. The molecule has 0 radical (unpaired) electrons. The van der Waals surface area contributed by atoms with Gasteiger partial charge in [-0.15, -0.1) is 0 Å². The summed E-state index contributed by atoms with van der Waals surface area (Å²) >= 11 is 0. The molecule has 1 aromatic heterocycles. The van der Waals surface area contributed by atoms with E-state index in [1.807, 2.05) is 0 Å². The highest BCUT2D eigenvalue weighted by Gasteiger charge is 2.42. The van der Waals surface area contributed by atoms with Crippen molar-refractivity contribution in [1.29, 1.82) is 0 Å². The van der Waals surface area contributed by atoms with Crippen molar-refractivity contribution in [2.75, 3.05) is 13.6 Å². The molecule has 1 amide bonds. The molecule has 5 atom stereocenters. The molecule has 2 heterocycles. The molecule has 138 valence electrons. The molecular weight excluding hydrogens is 326 g/mol. The maximum absolute atomic E-state index is 12.9. The SMILES string of the molecule is CN1C[C@H](C(=O)N[C@@H]2CCC[C@@H]2O)CC2c3cccc4[nH]cc(c34)CC21. The first-order valence-electron chi connectivity index (χ1n) is 9.89. The summed E-state index contributed by atoms with van der Waals surface area (Å²) in [5.74, 6) is 0.503. The van der Waals surface area contributed by atoms with Crippen LogP contribution in [0.25, 0.3) is 10.9 Å². The lowest BCUT2D eigenvalue weighted by atomic mass is 9.72. The van der Waals surface area contributed by atoms with Crippen LogP contribution < -0.4 is 5.32 Å². The molecule has 0 bridgehead atoms. The van der Waals surface area contributed by atoms with Gasteiger partial charge in [0.25, 0.3) is 0 Å². The van der Waals surface area contributed by atoms with Crippen LogP contribution in [-0.2, 0) is 11.2 Å². The topological polar surface area (TPSA) is 68.4 Å². The quantitative estimate of drug-likeness (QED) is 0.775. The lowest BCUT2D eigenvalue weighted by Crippen LogP contribution is -2.53. The first-order valence-corrected chi connectivity index (χ1v) is 9.89. The number of hydrogen-bond donors (Lipinski definition) is 3. The summed E-state index contributed by atoms with van der Waals surface area (Å²) in [6.45, 7) is 0.797. The number of H-pyrrole nitrogens is 1. The maximum atomic E-state index is 12.9. The van der Waals surface area contributed by atoms with Crippen molar-refractivity contribution in [1.82, 2.24) is 15.2 Å². The van der Waals surface area contributed by atoms with Crippen LogP contribution in [0.2, 0.25) is 0 Å². The molecule has 5 heteroatoms. The molecule has 3 N–H and O–H groups in total. The van der Waals surface area contributed by atoms with Crippen LogP contribution in [0.5, 0.6) is 0 Å². The molecular formula is C21H27N3O2. The van der Waals surface area contributed by atoms with E-state index >= 15 is 0 Å². The first kappa shape index (κ1) is 16.3. The Labute approximate surface area is 153 Å². The van der Waals surface area contributed by atoms with Gasteiger partial charge in [0.1, 0.15) is 0 Å². The number of carbonyl (C=O) groups excluding carboxylic acids is 1. The summed E-state index contributed by atoms with van der Waals surface area (Å²) in [5.41, 5.74) is 4.00. The highest BCUT2D eigenvalue weighted by molar-refractivity contribution is 5.88. The number of carbonyl (C=O) groups is 1. The molecule has 2 unspecified atom stereocenters. The van der Waals surface area contributed by atoms with Crippen LogP contribution in [0.1, 0.15) is 42.7 Å². The Bertz CT molecular complexity index is 845. The van der Waals surface area contributed by atoms with Crippen LogP contribution in [-0.4, -0.2) is 52.7 Å². The van der Waals surface area contributed by atoms with E-state index in [0.717, 1.165) is 38.6 Å². The van der Waals surface area contributed by atoms with E-state index in [1.54, 1.807) is 0 Å². The lowest BCUT2D eigenvalue weighted by Gasteiger charge is -2.45. The van der Waals surface area contributed by atoms with Crippen molar-refractivity contribution in [3.63, 3.8) is 0 Å². The minimum Gasteiger partial charge on any atom is -0.391 e. The molecule has 26 heavy (non-hydrogen) atoms. The van der Waals surface area contributed by atoms with Gasteiger partial charge in [-0.3, -0.25) is 4.79 Å². The average Bonchev–Trinajstić information content (AvgIpc) is 3.23.